The minimum absolute atomic E-state index is 0.0573. The van der Waals surface area contributed by atoms with Gasteiger partial charge in [-0.1, -0.05) is 62.4 Å². The predicted molar refractivity (Wildman–Crippen MR) is 152 cm³/mol. The summed E-state index contributed by atoms with van der Waals surface area (Å²) < 4.78 is 11.2. The van der Waals surface area contributed by atoms with E-state index in [1.807, 2.05) is 97.1 Å². The van der Waals surface area contributed by atoms with Crippen LogP contribution in [0.4, 0.5) is 11.4 Å². The number of anilines is 2. The Balaban J connectivity index is 1.25. The van der Waals surface area contributed by atoms with Crippen molar-refractivity contribution in [2.75, 3.05) is 23.8 Å². The van der Waals surface area contributed by atoms with Crippen LogP contribution < -0.4 is 20.1 Å². The lowest BCUT2D eigenvalue weighted by atomic mass is 10.0. The summed E-state index contributed by atoms with van der Waals surface area (Å²) in [4.78, 5) is 24.6. The van der Waals surface area contributed by atoms with Crippen molar-refractivity contribution in [3.05, 3.63) is 108 Å². The zero-order valence-corrected chi connectivity index (χ0v) is 21.7. The minimum Gasteiger partial charge on any atom is -0.484 e. The lowest BCUT2D eigenvalue weighted by molar-refractivity contribution is -0.118. The molecule has 2 amide bonds. The van der Waals surface area contributed by atoms with Crippen molar-refractivity contribution < 1.29 is 19.1 Å². The second kappa shape index (κ2) is 13.1. The highest BCUT2D eigenvalue weighted by Gasteiger charge is 2.07. The summed E-state index contributed by atoms with van der Waals surface area (Å²) in [6.45, 7) is 4.04. The monoisotopic (exact) mass is 508 g/mol. The molecular weight excluding hydrogens is 476 g/mol. The first-order valence-corrected chi connectivity index (χ1v) is 12.8. The van der Waals surface area contributed by atoms with Crippen molar-refractivity contribution in [1.29, 1.82) is 0 Å². The molecule has 0 aliphatic rings. The fraction of sp³-hybridized carbons (Fsp3) is 0.188. The quantitative estimate of drug-likeness (QED) is 0.242. The number of aryl methyl sites for hydroxylation is 2. The largest absolute Gasteiger partial charge is 0.484 e. The fourth-order valence-corrected chi connectivity index (χ4v) is 3.89. The number of amides is 2. The van der Waals surface area contributed by atoms with Crippen LogP contribution in [0.3, 0.4) is 0 Å². The number of hydrogen-bond donors (Lipinski definition) is 2. The number of rotatable bonds is 11. The predicted octanol–water partition coefficient (Wildman–Crippen LogP) is 6.51. The van der Waals surface area contributed by atoms with Crippen LogP contribution in [0.5, 0.6) is 11.5 Å². The SMILES string of the molecule is CCc1cccc(OCC(=O)Nc2ccc(-c3ccc(NC(=O)COc4cccc(CC)c4)cc3)cc2)c1. The first-order valence-electron chi connectivity index (χ1n) is 12.8. The van der Waals surface area contributed by atoms with E-state index in [0.717, 1.165) is 35.1 Å². The molecule has 4 rings (SSSR count). The molecule has 0 unspecified atom stereocenters. The van der Waals surface area contributed by atoms with E-state index >= 15 is 0 Å². The molecule has 0 saturated carbocycles. The van der Waals surface area contributed by atoms with Crippen molar-refractivity contribution >= 4 is 23.2 Å². The Bertz CT molecular complexity index is 1260. The smallest absolute Gasteiger partial charge is 0.262 e. The topological polar surface area (TPSA) is 76.7 Å². The number of carbonyl (C=O) groups excluding carboxylic acids is 2. The molecule has 0 spiro atoms. The van der Waals surface area contributed by atoms with Crippen molar-refractivity contribution in [1.82, 2.24) is 0 Å². The molecule has 0 fully saturated rings. The van der Waals surface area contributed by atoms with Crippen LogP contribution in [0.15, 0.2) is 97.1 Å². The third kappa shape index (κ3) is 7.71. The highest BCUT2D eigenvalue weighted by atomic mass is 16.5. The number of benzene rings is 4. The molecule has 4 aromatic rings. The second-order valence-corrected chi connectivity index (χ2v) is 8.83. The Morgan fingerprint density at radius 3 is 1.34 bits per heavy atom. The third-order valence-corrected chi connectivity index (χ3v) is 6.02. The number of hydrogen-bond acceptors (Lipinski definition) is 4. The molecule has 0 atom stereocenters. The molecule has 0 aromatic heterocycles. The molecule has 6 heteroatoms. The van der Waals surface area contributed by atoms with E-state index in [4.69, 9.17) is 9.47 Å². The number of nitrogens with one attached hydrogen (secondary N) is 2. The average Bonchev–Trinajstić information content (AvgIpc) is 2.96. The molecule has 0 aliphatic carbocycles. The maximum Gasteiger partial charge on any atom is 0.262 e. The molecule has 4 aromatic carbocycles. The first kappa shape index (κ1) is 26.5. The van der Waals surface area contributed by atoms with Gasteiger partial charge in [0.05, 0.1) is 0 Å². The summed E-state index contributed by atoms with van der Waals surface area (Å²) >= 11 is 0. The summed E-state index contributed by atoms with van der Waals surface area (Å²) in [5.74, 6) is 0.927. The van der Waals surface area contributed by atoms with Gasteiger partial charge in [-0.25, -0.2) is 0 Å². The van der Waals surface area contributed by atoms with Crippen molar-refractivity contribution in [3.63, 3.8) is 0 Å². The fourth-order valence-electron chi connectivity index (χ4n) is 3.89. The maximum atomic E-state index is 12.3. The lowest BCUT2D eigenvalue weighted by Gasteiger charge is -2.10. The van der Waals surface area contributed by atoms with E-state index in [1.165, 1.54) is 0 Å². The van der Waals surface area contributed by atoms with Crippen LogP contribution >= 0.6 is 0 Å². The van der Waals surface area contributed by atoms with Crippen molar-refractivity contribution in [2.45, 2.75) is 26.7 Å². The van der Waals surface area contributed by atoms with E-state index in [-0.39, 0.29) is 25.0 Å². The summed E-state index contributed by atoms with van der Waals surface area (Å²) in [7, 11) is 0. The Kier molecular flexibility index (Phi) is 9.13. The molecule has 2 N–H and O–H groups in total. The molecule has 0 bridgehead atoms. The van der Waals surface area contributed by atoms with Gasteiger partial charge >= 0.3 is 0 Å². The van der Waals surface area contributed by atoms with Crippen LogP contribution in [-0.2, 0) is 22.4 Å². The maximum absolute atomic E-state index is 12.3. The third-order valence-electron chi connectivity index (χ3n) is 6.02. The van der Waals surface area contributed by atoms with Gasteiger partial charge < -0.3 is 20.1 Å². The number of carbonyl (C=O) groups is 2. The zero-order chi connectivity index (χ0) is 26.7. The van der Waals surface area contributed by atoms with Crippen LogP contribution in [0.25, 0.3) is 11.1 Å². The van der Waals surface area contributed by atoms with Gasteiger partial charge in [0.2, 0.25) is 0 Å². The van der Waals surface area contributed by atoms with Crippen LogP contribution in [0, 0.1) is 0 Å². The summed E-state index contributed by atoms with van der Waals surface area (Å²) in [5, 5.41) is 5.71. The molecule has 6 nitrogen and oxygen atoms in total. The second-order valence-electron chi connectivity index (χ2n) is 8.83. The highest BCUT2D eigenvalue weighted by molar-refractivity contribution is 5.93. The Labute approximate surface area is 223 Å². The van der Waals surface area contributed by atoms with Gasteiger partial charge in [-0.05, 0) is 83.6 Å². The van der Waals surface area contributed by atoms with Crippen LogP contribution in [0.1, 0.15) is 25.0 Å². The molecule has 38 heavy (non-hydrogen) atoms. The summed E-state index contributed by atoms with van der Waals surface area (Å²) in [6, 6.07) is 30.6. The van der Waals surface area contributed by atoms with Gasteiger partial charge in [0.15, 0.2) is 13.2 Å². The van der Waals surface area contributed by atoms with Gasteiger partial charge in [0, 0.05) is 11.4 Å². The zero-order valence-electron chi connectivity index (χ0n) is 21.7. The Morgan fingerprint density at radius 1 is 0.579 bits per heavy atom. The van der Waals surface area contributed by atoms with Crippen molar-refractivity contribution in [2.24, 2.45) is 0 Å². The van der Waals surface area contributed by atoms with Gasteiger partial charge in [0.1, 0.15) is 11.5 Å². The van der Waals surface area contributed by atoms with Crippen LogP contribution in [0.2, 0.25) is 0 Å². The lowest BCUT2D eigenvalue weighted by Crippen LogP contribution is -2.20. The van der Waals surface area contributed by atoms with Crippen molar-refractivity contribution in [3.8, 4) is 22.6 Å². The molecule has 0 radical (unpaired) electrons. The standard InChI is InChI=1S/C32H32N2O4/c1-3-23-7-5-9-29(19-23)37-21-31(35)33-27-15-11-25(12-16-27)26-13-17-28(18-14-26)34-32(36)22-38-30-10-6-8-24(4-2)20-30/h5-20H,3-4,21-22H2,1-2H3,(H,33,35)(H,34,36). The van der Waals surface area contributed by atoms with E-state index in [1.54, 1.807) is 0 Å². The summed E-state index contributed by atoms with van der Waals surface area (Å²) in [6.07, 6.45) is 1.83. The Morgan fingerprint density at radius 2 is 0.974 bits per heavy atom. The Hall–Kier alpha value is -4.58. The van der Waals surface area contributed by atoms with E-state index in [2.05, 4.69) is 24.5 Å². The molecule has 0 aliphatic heterocycles. The van der Waals surface area contributed by atoms with Gasteiger partial charge in [-0.3, -0.25) is 9.59 Å². The normalized spacial score (nSPS) is 10.5. The van der Waals surface area contributed by atoms with Gasteiger partial charge in [0.25, 0.3) is 11.8 Å². The summed E-state index contributed by atoms with van der Waals surface area (Å²) in [5.41, 5.74) is 5.70. The first-order chi connectivity index (χ1) is 18.5. The minimum atomic E-state index is -0.221. The molecule has 194 valence electrons. The average molecular weight is 509 g/mol. The van der Waals surface area contributed by atoms with E-state index in [9.17, 15) is 9.59 Å². The highest BCUT2D eigenvalue weighted by Crippen LogP contribution is 2.23. The van der Waals surface area contributed by atoms with Crippen LogP contribution in [-0.4, -0.2) is 25.0 Å². The molecule has 0 saturated heterocycles. The number of ether oxygens (including phenoxy) is 2. The molecular formula is C32H32N2O4. The molecule has 0 heterocycles. The van der Waals surface area contributed by atoms with E-state index < -0.39 is 0 Å². The van der Waals surface area contributed by atoms with E-state index in [0.29, 0.717) is 22.9 Å². The van der Waals surface area contributed by atoms with Gasteiger partial charge in [-0.15, -0.1) is 0 Å². The van der Waals surface area contributed by atoms with Gasteiger partial charge in [-0.2, -0.15) is 0 Å².